The van der Waals surface area contributed by atoms with Crippen LogP contribution in [0.1, 0.15) is 64.3 Å². The molecule has 4 rings (SSSR count). The van der Waals surface area contributed by atoms with Crippen LogP contribution in [-0.2, 0) is 6.18 Å². The van der Waals surface area contributed by atoms with E-state index in [1.165, 1.54) is 23.3 Å². The minimum absolute atomic E-state index is 0.211. The normalized spacial score (nSPS) is 20.5. The highest BCUT2D eigenvalue weighted by Gasteiger charge is 2.38. The van der Waals surface area contributed by atoms with Crippen LogP contribution in [0.2, 0.25) is 0 Å². The van der Waals surface area contributed by atoms with Gasteiger partial charge in [-0.1, -0.05) is 6.07 Å². The lowest BCUT2D eigenvalue weighted by Gasteiger charge is -2.49. The van der Waals surface area contributed by atoms with Crippen LogP contribution in [0.4, 0.5) is 13.2 Å². The summed E-state index contributed by atoms with van der Waals surface area (Å²) in [6.07, 6.45) is -0.600. The van der Waals surface area contributed by atoms with Crippen molar-refractivity contribution in [3.63, 3.8) is 0 Å². The number of benzene rings is 2. The molecule has 0 radical (unpaired) electrons. The summed E-state index contributed by atoms with van der Waals surface area (Å²) >= 11 is 0. The monoisotopic (exact) mass is 499 g/mol. The molecule has 0 N–H and O–H groups in total. The average molecular weight is 500 g/mol. The summed E-state index contributed by atoms with van der Waals surface area (Å²) in [6, 6.07) is 9.18. The average Bonchev–Trinajstić information content (AvgIpc) is 2.87. The van der Waals surface area contributed by atoms with E-state index >= 15 is 0 Å². The Labute approximate surface area is 210 Å². The van der Waals surface area contributed by atoms with Gasteiger partial charge in [0.1, 0.15) is 5.75 Å². The molecular weight excluding hydrogens is 467 g/mol. The van der Waals surface area contributed by atoms with Gasteiger partial charge in [-0.2, -0.15) is 13.2 Å². The van der Waals surface area contributed by atoms with Gasteiger partial charge in [0, 0.05) is 37.3 Å². The molecule has 2 aromatic rings. The molecule has 36 heavy (non-hydrogen) atoms. The predicted octanol–water partition coefficient (Wildman–Crippen LogP) is 6.06. The SMILES string of the molecule is [C-]#[N+]CCCOc1ccc(C2CCC[C@H]3CN(C(=O)c4ccc(C(F)(F)F)cc4)CCN23)c(C)c1C. The van der Waals surface area contributed by atoms with E-state index in [0.717, 1.165) is 49.3 Å². The molecule has 8 heteroatoms. The van der Waals surface area contributed by atoms with Crippen molar-refractivity contribution in [2.45, 2.75) is 57.8 Å². The van der Waals surface area contributed by atoms with Gasteiger partial charge in [-0.05, 0) is 80.1 Å². The van der Waals surface area contributed by atoms with Crippen LogP contribution in [0.15, 0.2) is 36.4 Å². The van der Waals surface area contributed by atoms with E-state index in [0.29, 0.717) is 38.2 Å². The zero-order valence-corrected chi connectivity index (χ0v) is 20.8. The highest BCUT2D eigenvalue weighted by molar-refractivity contribution is 5.94. The molecule has 0 saturated carbocycles. The molecule has 2 aliphatic heterocycles. The third-order valence-corrected chi connectivity index (χ3v) is 7.50. The number of carbonyl (C=O) groups is 1. The molecule has 2 heterocycles. The van der Waals surface area contributed by atoms with Gasteiger partial charge in [0.05, 0.1) is 18.6 Å². The molecule has 2 saturated heterocycles. The van der Waals surface area contributed by atoms with Gasteiger partial charge in [-0.3, -0.25) is 9.69 Å². The van der Waals surface area contributed by atoms with Crippen molar-refractivity contribution in [3.8, 4) is 5.75 Å². The van der Waals surface area contributed by atoms with E-state index in [4.69, 9.17) is 11.3 Å². The summed E-state index contributed by atoms with van der Waals surface area (Å²) in [5, 5.41) is 0. The third-order valence-electron chi connectivity index (χ3n) is 7.50. The van der Waals surface area contributed by atoms with Crippen LogP contribution < -0.4 is 4.74 Å². The topological polar surface area (TPSA) is 37.1 Å². The lowest BCUT2D eigenvalue weighted by Crippen LogP contribution is -2.57. The maximum atomic E-state index is 13.0. The van der Waals surface area contributed by atoms with Crippen molar-refractivity contribution in [2.24, 2.45) is 0 Å². The Morgan fingerprint density at radius 1 is 1.08 bits per heavy atom. The molecule has 5 nitrogen and oxygen atoms in total. The molecule has 1 amide bonds. The number of fused-ring (bicyclic) bond motifs is 1. The molecule has 2 aliphatic rings. The Morgan fingerprint density at radius 2 is 1.83 bits per heavy atom. The largest absolute Gasteiger partial charge is 0.493 e. The first kappa shape index (κ1) is 26.0. The van der Waals surface area contributed by atoms with Crippen molar-refractivity contribution >= 4 is 5.91 Å². The Hall–Kier alpha value is -3.05. The maximum absolute atomic E-state index is 13.0. The van der Waals surface area contributed by atoms with E-state index in [2.05, 4.69) is 29.7 Å². The fraction of sp³-hybridized carbons (Fsp3) is 0.500. The van der Waals surface area contributed by atoms with E-state index in [-0.39, 0.29) is 18.0 Å². The zero-order chi connectivity index (χ0) is 25.9. The molecule has 0 aromatic heterocycles. The Bertz CT molecular complexity index is 1120. The highest BCUT2D eigenvalue weighted by atomic mass is 19.4. The zero-order valence-electron chi connectivity index (χ0n) is 20.8. The second-order valence-electron chi connectivity index (χ2n) is 9.65. The summed E-state index contributed by atoms with van der Waals surface area (Å²) in [4.78, 5) is 20.7. The second kappa shape index (κ2) is 10.9. The fourth-order valence-electron chi connectivity index (χ4n) is 5.41. The number of halogens is 3. The second-order valence-corrected chi connectivity index (χ2v) is 9.65. The summed E-state index contributed by atoms with van der Waals surface area (Å²) in [5.74, 6) is 0.651. The number of piperidine rings is 1. The number of nitrogens with zero attached hydrogens (tertiary/aromatic N) is 3. The first-order valence-corrected chi connectivity index (χ1v) is 12.5. The van der Waals surface area contributed by atoms with Gasteiger partial charge in [0.25, 0.3) is 5.91 Å². The number of hydrogen-bond donors (Lipinski definition) is 0. The molecule has 2 fully saturated rings. The van der Waals surface area contributed by atoms with Crippen LogP contribution in [0.3, 0.4) is 0 Å². The summed E-state index contributed by atoms with van der Waals surface area (Å²) in [6.45, 7) is 13.9. The van der Waals surface area contributed by atoms with Gasteiger partial charge in [-0.15, -0.1) is 0 Å². The number of carbonyl (C=O) groups excluding carboxylic acids is 1. The van der Waals surface area contributed by atoms with Crippen molar-refractivity contribution < 1.29 is 22.7 Å². The van der Waals surface area contributed by atoms with E-state index < -0.39 is 11.7 Å². The van der Waals surface area contributed by atoms with Gasteiger partial charge >= 0.3 is 6.18 Å². The van der Waals surface area contributed by atoms with Crippen LogP contribution in [0.5, 0.6) is 5.75 Å². The van der Waals surface area contributed by atoms with Crippen molar-refractivity contribution in [1.29, 1.82) is 0 Å². The predicted molar refractivity (Wildman–Crippen MR) is 132 cm³/mol. The molecule has 0 spiro atoms. The number of piperazine rings is 1. The molecule has 0 bridgehead atoms. The first-order valence-electron chi connectivity index (χ1n) is 12.5. The van der Waals surface area contributed by atoms with Crippen molar-refractivity contribution in [3.05, 3.63) is 75.6 Å². The molecule has 192 valence electrons. The van der Waals surface area contributed by atoms with Gasteiger partial charge < -0.3 is 14.5 Å². The van der Waals surface area contributed by atoms with E-state index in [1.54, 1.807) is 4.90 Å². The van der Waals surface area contributed by atoms with Crippen LogP contribution in [-0.4, -0.2) is 54.5 Å². The molecule has 0 aliphatic carbocycles. The van der Waals surface area contributed by atoms with Crippen molar-refractivity contribution in [1.82, 2.24) is 9.80 Å². The minimum Gasteiger partial charge on any atom is -0.493 e. The molecular formula is C28H32F3N3O2. The molecule has 2 aromatic carbocycles. The Balaban J connectivity index is 1.44. The number of amides is 1. The number of rotatable bonds is 6. The van der Waals surface area contributed by atoms with Gasteiger partial charge in [0.15, 0.2) is 0 Å². The Morgan fingerprint density at radius 3 is 2.53 bits per heavy atom. The number of hydrogen-bond acceptors (Lipinski definition) is 3. The van der Waals surface area contributed by atoms with Crippen LogP contribution >= 0.6 is 0 Å². The van der Waals surface area contributed by atoms with E-state index in [9.17, 15) is 18.0 Å². The van der Waals surface area contributed by atoms with Crippen molar-refractivity contribution in [2.75, 3.05) is 32.8 Å². The summed E-state index contributed by atoms with van der Waals surface area (Å²) in [5.41, 5.74) is 3.17. The molecule has 1 unspecified atom stereocenters. The van der Waals surface area contributed by atoms with E-state index in [1.807, 2.05) is 6.07 Å². The smallest absolute Gasteiger partial charge is 0.416 e. The summed E-state index contributed by atoms with van der Waals surface area (Å²) < 4.78 is 44.5. The number of ether oxygens (including phenoxy) is 1. The highest BCUT2D eigenvalue weighted by Crippen LogP contribution is 2.39. The van der Waals surface area contributed by atoms with Gasteiger partial charge in [0.2, 0.25) is 6.54 Å². The lowest BCUT2D eigenvalue weighted by atomic mass is 9.86. The fourth-order valence-corrected chi connectivity index (χ4v) is 5.41. The molecule has 2 atom stereocenters. The Kier molecular flexibility index (Phi) is 7.89. The first-order chi connectivity index (χ1) is 17.2. The van der Waals surface area contributed by atoms with Crippen LogP contribution in [0, 0.1) is 20.4 Å². The maximum Gasteiger partial charge on any atom is 0.416 e. The summed E-state index contributed by atoms with van der Waals surface area (Å²) in [7, 11) is 0. The third kappa shape index (κ3) is 5.52. The minimum atomic E-state index is -4.41. The standard InChI is InChI=1S/C28H32F3N3O2/c1-19-20(2)26(36-17-5-14-32-3)13-12-24(19)25-7-4-6-23-18-33(15-16-34(23)25)27(35)21-8-10-22(11-9-21)28(29,30)31/h8-13,23,25H,4-7,14-18H2,1-2H3/t23-,25?/m0/s1. The lowest BCUT2D eigenvalue weighted by molar-refractivity contribution is -0.137. The quantitative estimate of drug-likeness (QED) is 0.358. The number of alkyl halides is 3. The van der Waals surface area contributed by atoms with Gasteiger partial charge in [-0.25, -0.2) is 6.57 Å². The van der Waals surface area contributed by atoms with Crippen LogP contribution in [0.25, 0.3) is 4.85 Å².